The van der Waals surface area contributed by atoms with E-state index < -0.39 is 0 Å². The third kappa shape index (κ3) is 4.94. The summed E-state index contributed by atoms with van der Waals surface area (Å²) in [5, 5.41) is 3.00. The third-order valence-electron chi connectivity index (χ3n) is 6.11. The van der Waals surface area contributed by atoms with Crippen LogP contribution in [0.5, 0.6) is 5.75 Å². The highest BCUT2D eigenvalue weighted by molar-refractivity contribution is 5.90. The largest absolute Gasteiger partial charge is 0.496 e. The van der Waals surface area contributed by atoms with Gasteiger partial charge in [-0.1, -0.05) is 18.2 Å². The number of amides is 3. The lowest BCUT2D eigenvalue weighted by atomic mass is 9.94. The standard InChI is InChI=1S/C23H33N3O4/c1-23(2,3)26-15-18(13-20(26)27)22(29)25-11-9-16(10-12-25)21(28)24-14-17-7-5-6-8-19(17)30-4/h5-8,16,18H,9-15H2,1-4H3,(H,24,28). The first-order valence-electron chi connectivity index (χ1n) is 10.7. The minimum Gasteiger partial charge on any atom is -0.496 e. The van der Waals surface area contributed by atoms with Crippen molar-refractivity contribution < 1.29 is 19.1 Å². The normalized spacial score (nSPS) is 20.4. The van der Waals surface area contributed by atoms with Gasteiger partial charge in [-0.25, -0.2) is 0 Å². The number of rotatable bonds is 5. The van der Waals surface area contributed by atoms with Gasteiger partial charge in [0.1, 0.15) is 5.75 Å². The van der Waals surface area contributed by atoms with E-state index in [0.717, 1.165) is 11.3 Å². The van der Waals surface area contributed by atoms with E-state index in [4.69, 9.17) is 4.74 Å². The van der Waals surface area contributed by atoms with Crippen LogP contribution >= 0.6 is 0 Å². The van der Waals surface area contributed by atoms with E-state index >= 15 is 0 Å². The van der Waals surface area contributed by atoms with E-state index in [0.29, 0.717) is 39.0 Å². The second-order valence-electron chi connectivity index (χ2n) is 9.21. The molecule has 1 atom stereocenters. The molecule has 2 saturated heterocycles. The van der Waals surface area contributed by atoms with Crippen molar-refractivity contribution in [1.82, 2.24) is 15.1 Å². The topological polar surface area (TPSA) is 79.0 Å². The molecule has 0 aliphatic carbocycles. The molecule has 2 aliphatic heterocycles. The zero-order valence-corrected chi connectivity index (χ0v) is 18.4. The summed E-state index contributed by atoms with van der Waals surface area (Å²) in [6.07, 6.45) is 1.58. The number of hydrogen-bond donors (Lipinski definition) is 1. The fourth-order valence-corrected chi connectivity index (χ4v) is 4.32. The molecule has 3 amide bonds. The molecular weight excluding hydrogens is 382 g/mol. The molecule has 2 heterocycles. The molecule has 0 bridgehead atoms. The molecule has 0 saturated carbocycles. The monoisotopic (exact) mass is 415 g/mol. The predicted octanol–water partition coefficient (Wildman–Crippen LogP) is 2.20. The Morgan fingerprint density at radius 3 is 2.40 bits per heavy atom. The van der Waals surface area contributed by atoms with Gasteiger partial charge >= 0.3 is 0 Å². The summed E-state index contributed by atoms with van der Waals surface area (Å²) in [6.45, 7) is 8.01. The van der Waals surface area contributed by atoms with Crippen LogP contribution in [0.1, 0.15) is 45.6 Å². The first-order valence-corrected chi connectivity index (χ1v) is 10.7. The van der Waals surface area contributed by atoms with Gasteiger partial charge in [-0.2, -0.15) is 0 Å². The van der Waals surface area contributed by atoms with Gasteiger partial charge in [-0.15, -0.1) is 0 Å². The molecule has 1 aromatic rings. The van der Waals surface area contributed by atoms with Gasteiger partial charge in [0.2, 0.25) is 17.7 Å². The molecule has 7 heteroatoms. The van der Waals surface area contributed by atoms with Crippen LogP contribution in [0.3, 0.4) is 0 Å². The maximum absolute atomic E-state index is 12.9. The van der Waals surface area contributed by atoms with Crippen molar-refractivity contribution in [2.24, 2.45) is 11.8 Å². The molecule has 1 N–H and O–H groups in total. The fourth-order valence-electron chi connectivity index (χ4n) is 4.32. The molecule has 7 nitrogen and oxygen atoms in total. The van der Waals surface area contributed by atoms with Gasteiger partial charge in [-0.3, -0.25) is 14.4 Å². The number of carbonyl (C=O) groups excluding carboxylic acids is 3. The van der Waals surface area contributed by atoms with E-state index in [9.17, 15) is 14.4 Å². The van der Waals surface area contributed by atoms with Crippen LogP contribution in [0.4, 0.5) is 0 Å². The number of nitrogens with zero attached hydrogens (tertiary/aromatic N) is 2. The summed E-state index contributed by atoms with van der Waals surface area (Å²) in [4.78, 5) is 41.4. The van der Waals surface area contributed by atoms with Gasteiger partial charge in [0, 0.05) is 49.6 Å². The Hall–Kier alpha value is -2.57. The van der Waals surface area contributed by atoms with E-state index in [2.05, 4.69) is 5.32 Å². The average Bonchev–Trinajstić information content (AvgIpc) is 3.14. The maximum atomic E-state index is 12.9. The minimum atomic E-state index is -0.271. The molecule has 3 rings (SSSR count). The number of likely N-dealkylation sites (tertiary alicyclic amines) is 2. The number of hydrogen-bond acceptors (Lipinski definition) is 4. The molecule has 2 aliphatic rings. The molecular formula is C23H33N3O4. The van der Waals surface area contributed by atoms with Crippen LogP contribution in [-0.2, 0) is 20.9 Å². The summed E-state index contributed by atoms with van der Waals surface area (Å²) in [5.41, 5.74) is 0.675. The Morgan fingerprint density at radius 1 is 1.13 bits per heavy atom. The Kier molecular flexibility index (Phi) is 6.68. The second-order valence-corrected chi connectivity index (χ2v) is 9.21. The van der Waals surface area contributed by atoms with E-state index in [1.165, 1.54) is 0 Å². The molecule has 1 unspecified atom stereocenters. The number of ether oxygens (including phenoxy) is 1. The average molecular weight is 416 g/mol. The third-order valence-corrected chi connectivity index (χ3v) is 6.11. The SMILES string of the molecule is COc1ccccc1CNC(=O)C1CCN(C(=O)C2CC(=O)N(C(C)(C)C)C2)CC1. The molecule has 1 aromatic carbocycles. The molecule has 0 aromatic heterocycles. The van der Waals surface area contributed by atoms with Crippen molar-refractivity contribution in [3.63, 3.8) is 0 Å². The second kappa shape index (κ2) is 9.06. The van der Waals surface area contributed by atoms with Gasteiger partial charge in [0.15, 0.2) is 0 Å². The maximum Gasteiger partial charge on any atom is 0.227 e. The summed E-state index contributed by atoms with van der Waals surface area (Å²) < 4.78 is 5.33. The predicted molar refractivity (Wildman–Crippen MR) is 114 cm³/mol. The first-order chi connectivity index (χ1) is 14.2. The van der Waals surface area contributed by atoms with E-state index in [-0.39, 0.29) is 41.5 Å². The quantitative estimate of drug-likeness (QED) is 0.800. The van der Waals surface area contributed by atoms with Crippen molar-refractivity contribution >= 4 is 17.7 Å². The highest BCUT2D eigenvalue weighted by atomic mass is 16.5. The summed E-state index contributed by atoms with van der Waals surface area (Å²) in [5.74, 6) is 0.499. The summed E-state index contributed by atoms with van der Waals surface area (Å²) in [6, 6.07) is 7.63. The molecule has 2 fully saturated rings. The van der Waals surface area contributed by atoms with Crippen molar-refractivity contribution in [3.05, 3.63) is 29.8 Å². The molecule has 0 spiro atoms. The molecule has 0 radical (unpaired) electrons. The van der Waals surface area contributed by atoms with Crippen LogP contribution in [0.2, 0.25) is 0 Å². The number of benzene rings is 1. The smallest absolute Gasteiger partial charge is 0.227 e. The Balaban J connectivity index is 1.48. The van der Waals surface area contributed by atoms with Crippen LogP contribution in [0.25, 0.3) is 0 Å². The van der Waals surface area contributed by atoms with Crippen LogP contribution in [-0.4, -0.2) is 59.8 Å². The molecule has 164 valence electrons. The van der Waals surface area contributed by atoms with Gasteiger partial charge in [0.25, 0.3) is 0 Å². The Morgan fingerprint density at radius 2 is 1.80 bits per heavy atom. The highest BCUT2D eigenvalue weighted by Gasteiger charge is 2.41. The highest BCUT2D eigenvalue weighted by Crippen LogP contribution is 2.28. The van der Waals surface area contributed by atoms with Gasteiger partial charge in [0.05, 0.1) is 13.0 Å². The fraction of sp³-hybridized carbons (Fsp3) is 0.609. The first kappa shape index (κ1) is 22.1. The summed E-state index contributed by atoms with van der Waals surface area (Å²) in [7, 11) is 1.62. The Bertz CT molecular complexity index is 794. The van der Waals surface area contributed by atoms with Crippen LogP contribution in [0.15, 0.2) is 24.3 Å². The van der Waals surface area contributed by atoms with E-state index in [1.54, 1.807) is 12.0 Å². The number of para-hydroxylation sites is 1. The van der Waals surface area contributed by atoms with Gasteiger partial charge in [-0.05, 0) is 39.7 Å². The van der Waals surface area contributed by atoms with E-state index in [1.807, 2.05) is 49.9 Å². The molecule has 30 heavy (non-hydrogen) atoms. The number of piperidine rings is 1. The van der Waals surface area contributed by atoms with Crippen molar-refractivity contribution in [1.29, 1.82) is 0 Å². The lowest BCUT2D eigenvalue weighted by Crippen LogP contribution is -2.46. The minimum absolute atomic E-state index is 0.0166. The Labute approximate surface area is 178 Å². The lowest BCUT2D eigenvalue weighted by Gasteiger charge is -2.34. The lowest BCUT2D eigenvalue weighted by molar-refractivity contribution is -0.139. The zero-order valence-electron chi connectivity index (χ0n) is 18.4. The number of methoxy groups -OCH3 is 1. The number of carbonyl (C=O) groups is 3. The van der Waals surface area contributed by atoms with Crippen molar-refractivity contribution in [2.75, 3.05) is 26.7 Å². The number of nitrogens with one attached hydrogen (secondary N) is 1. The summed E-state index contributed by atoms with van der Waals surface area (Å²) >= 11 is 0. The van der Waals surface area contributed by atoms with Crippen LogP contribution in [0, 0.1) is 11.8 Å². The van der Waals surface area contributed by atoms with Crippen LogP contribution < -0.4 is 10.1 Å². The van der Waals surface area contributed by atoms with Crippen molar-refractivity contribution in [2.45, 2.75) is 52.1 Å². The van der Waals surface area contributed by atoms with Gasteiger partial charge < -0.3 is 19.9 Å². The van der Waals surface area contributed by atoms with Crippen molar-refractivity contribution in [3.8, 4) is 5.75 Å². The zero-order chi connectivity index (χ0) is 21.9.